The van der Waals surface area contributed by atoms with Crippen molar-refractivity contribution in [2.75, 3.05) is 33.9 Å². The maximum atomic E-state index is 12.0. The van der Waals surface area contributed by atoms with Gasteiger partial charge in [-0.2, -0.15) is 0 Å². The Morgan fingerprint density at radius 3 is 2.50 bits per heavy atom. The number of rotatable bonds is 8. The van der Waals surface area contributed by atoms with Crippen LogP contribution in [0.1, 0.15) is 29.3 Å². The molecule has 3 nitrogen and oxygen atoms in total. The third kappa shape index (κ3) is 4.98. The monoisotopic (exact) mass is 249 g/mol. The molecule has 100 valence electrons. The Bertz CT molecular complexity index is 359. The summed E-state index contributed by atoms with van der Waals surface area (Å²) in [6.07, 6.45) is 1.96. The van der Waals surface area contributed by atoms with Crippen molar-refractivity contribution in [3.63, 3.8) is 0 Å². The van der Waals surface area contributed by atoms with Gasteiger partial charge in [0.05, 0.1) is 6.54 Å². The maximum Gasteiger partial charge on any atom is 0.176 e. The van der Waals surface area contributed by atoms with Gasteiger partial charge in [0, 0.05) is 25.8 Å². The van der Waals surface area contributed by atoms with E-state index in [9.17, 15) is 4.79 Å². The molecule has 0 heterocycles. The lowest BCUT2D eigenvalue weighted by Gasteiger charge is -2.15. The van der Waals surface area contributed by atoms with Crippen molar-refractivity contribution in [3.8, 4) is 0 Å². The zero-order valence-electron chi connectivity index (χ0n) is 11.6. The van der Waals surface area contributed by atoms with Crippen molar-refractivity contribution >= 4 is 5.78 Å². The molecule has 1 rings (SSSR count). The first-order valence-corrected chi connectivity index (χ1v) is 6.47. The van der Waals surface area contributed by atoms with Gasteiger partial charge in [-0.15, -0.1) is 0 Å². The number of hydrogen-bond donors (Lipinski definition) is 0. The molecule has 0 aliphatic rings. The second-order valence-corrected chi connectivity index (χ2v) is 4.56. The molecular formula is C15H23NO2. The predicted molar refractivity (Wildman–Crippen MR) is 74.1 cm³/mol. The number of methoxy groups -OCH3 is 1. The van der Waals surface area contributed by atoms with Gasteiger partial charge < -0.3 is 4.74 Å². The zero-order chi connectivity index (χ0) is 13.4. The summed E-state index contributed by atoms with van der Waals surface area (Å²) in [6.45, 7) is 4.20. The summed E-state index contributed by atoms with van der Waals surface area (Å²) in [6, 6.07) is 7.89. The van der Waals surface area contributed by atoms with Gasteiger partial charge in [0.1, 0.15) is 0 Å². The highest BCUT2D eigenvalue weighted by Crippen LogP contribution is 2.06. The fraction of sp³-hybridized carbons (Fsp3) is 0.533. The van der Waals surface area contributed by atoms with E-state index < -0.39 is 0 Å². The van der Waals surface area contributed by atoms with Gasteiger partial charge in [-0.25, -0.2) is 0 Å². The highest BCUT2D eigenvalue weighted by molar-refractivity contribution is 5.97. The molecule has 0 amide bonds. The second kappa shape index (κ2) is 8.01. The molecule has 0 aliphatic carbocycles. The first kappa shape index (κ1) is 14.9. The lowest BCUT2D eigenvalue weighted by Crippen LogP contribution is -2.27. The first-order chi connectivity index (χ1) is 8.67. The van der Waals surface area contributed by atoms with Crippen LogP contribution in [0, 0.1) is 0 Å². The number of likely N-dealkylation sites (N-methyl/N-ethyl adjacent to an activating group) is 1. The van der Waals surface area contributed by atoms with E-state index >= 15 is 0 Å². The molecule has 1 aromatic rings. The average Bonchev–Trinajstić information content (AvgIpc) is 2.39. The summed E-state index contributed by atoms with van der Waals surface area (Å²) in [7, 11) is 3.66. The third-order valence-electron chi connectivity index (χ3n) is 2.99. The van der Waals surface area contributed by atoms with E-state index in [2.05, 4.69) is 6.92 Å². The highest BCUT2D eigenvalue weighted by atomic mass is 16.5. The smallest absolute Gasteiger partial charge is 0.176 e. The van der Waals surface area contributed by atoms with Crippen LogP contribution >= 0.6 is 0 Å². The van der Waals surface area contributed by atoms with Crippen molar-refractivity contribution in [1.82, 2.24) is 4.90 Å². The number of nitrogens with zero attached hydrogens (tertiary/aromatic N) is 1. The van der Waals surface area contributed by atoms with Gasteiger partial charge in [0.2, 0.25) is 0 Å². The molecule has 0 unspecified atom stereocenters. The Labute approximate surface area is 110 Å². The largest absolute Gasteiger partial charge is 0.385 e. The number of Topliss-reactive ketones (excluding diaryl/α,β-unsaturated/α-hetero) is 1. The van der Waals surface area contributed by atoms with E-state index in [1.807, 2.05) is 36.2 Å². The van der Waals surface area contributed by atoms with Crippen molar-refractivity contribution < 1.29 is 9.53 Å². The number of ether oxygens (including phenoxy) is 1. The first-order valence-electron chi connectivity index (χ1n) is 6.47. The Morgan fingerprint density at radius 1 is 1.28 bits per heavy atom. The summed E-state index contributed by atoms with van der Waals surface area (Å²) >= 11 is 0. The predicted octanol–water partition coefficient (Wildman–Crippen LogP) is 2.40. The molecule has 0 spiro atoms. The third-order valence-corrected chi connectivity index (χ3v) is 2.99. The number of aryl methyl sites for hydroxylation is 1. The van der Waals surface area contributed by atoms with Crippen LogP contribution < -0.4 is 0 Å². The standard InChI is InChI=1S/C15H23NO2/c1-4-13-6-8-14(9-7-13)15(17)12-16(2)10-5-11-18-3/h6-9H,4-5,10-12H2,1-3H3. The molecule has 1 aromatic carbocycles. The Kier molecular flexibility index (Phi) is 6.61. The van der Waals surface area contributed by atoms with Crippen LogP contribution in [-0.4, -0.2) is 44.5 Å². The van der Waals surface area contributed by atoms with Gasteiger partial charge in [-0.05, 0) is 25.5 Å². The lowest BCUT2D eigenvalue weighted by atomic mass is 10.1. The Morgan fingerprint density at radius 2 is 1.94 bits per heavy atom. The van der Waals surface area contributed by atoms with Crippen LogP contribution in [0.15, 0.2) is 24.3 Å². The normalized spacial score (nSPS) is 10.9. The van der Waals surface area contributed by atoms with Gasteiger partial charge >= 0.3 is 0 Å². The molecule has 0 saturated carbocycles. The zero-order valence-corrected chi connectivity index (χ0v) is 11.6. The van der Waals surface area contributed by atoms with Crippen LogP contribution in [0.3, 0.4) is 0 Å². The molecule has 0 atom stereocenters. The molecule has 0 aliphatic heterocycles. The Hall–Kier alpha value is -1.19. The van der Waals surface area contributed by atoms with E-state index in [1.165, 1.54) is 5.56 Å². The van der Waals surface area contributed by atoms with Crippen LogP contribution in [0.5, 0.6) is 0 Å². The van der Waals surface area contributed by atoms with Gasteiger partial charge in [-0.1, -0.05) is 31.2 Å². The van der Waals surface area contributed by atoms with E-state index in [4.69, 9.17) is 4.74 Å². The van der Waals surface area contributed by atoms with E-state index in [1.54, 1.807) is 7.11 Å². The summed E-state index contributed by atoms with van der Waals surface area (Å²) < 4.78 is 5.00. The second-order valence-electron chi connectivity index (χ2n) is 4.56. The lowest BCUT2D eigenvalue weighted by molar-refractivity contribution is 0.0938. The molecule has 0 saturated heterocycles. The van der Waals surface area contributed by atoms with E-state index in [0.29, 0.717) is 6.54 Å². The SMILES string of the molecule is CCc1ccc(C(=O)CN(C)CCCOC)cc1. The summed E-state index contributed by atoms with van der Waals surface area (Å²) in [4.78, 5) is 14.1. The van der Waals surface area contributed by atoms with Crippen molar-refractivity contribution in [3.05, 3.63) is 35.4 Å². The highest BCUT2D eigenvalue weighted by Gasteiger charge is 2.08. The van der Waals surface area contributed by atoms with Crippen molar-refractivity contribution in [2.45, 2.75) is 19.8 Å². The van der Waals surface area contributed by atoms with Crippen molar-refractivity contribution in [2.24, 2.45) is 0 Å². The molecule has 3 heteroatoms. The quantitative estimate of drug-likeness (QED) is 0.523. The molecular weight excluding hydrogens is 226 g/mol. The Balaban J connectivity index is 2.43. The molecule has 18 heavy (non-hydrogen) atoms. The van der Waals surface area contributed by atoms with Crippen LogP contribution in [0.25, 0.3) is 0 Å². The molecule has 0 radical (unpaired) electrons. The van der Waals surface area contributed by atoms with Gasteiger partial charge in [0.15, 0.2) is 5.78 Å². The average molecular weight is 249 g/mol. The van der Waals surface area contributed by atoms with Crippen molar-refractivity contribution in [1.29, 1.82) is 0 Å². The molecule has 0 N–H and O–H groups in total. The number of carbonyl (C=O) groups is 1. The maximum absolute atomic E-state index is 12.0. The fourth-order valence-electron chi connectivity index (χ4n) is 1.82. The van der Waals surface area contributed by atoms with E-state index in [-0.39, 0.29) is 5.78 Å². The summed E-state index contributed by atoms with van der Waals surface area (Å²) in [5.74, 6) is 0.178. The summed E-state index contributed by atoms with van der Waals surface area (Å²) in [5.41, 5.74) is 2.06. The topological polar surface area (TPSA) is 29.5 Å². The number of hydrogen-bond acceptors (Lipinski definition) is 3. The number of carbonyl (C=O) groups excluding carboxylic acids is 1. The molecule has 0 fully saturated rings. The van der Waals surface area contributed by atoms with E-state index in [0.717, 1.165) is 31.6 Å². The minimum Gasteiger partial charge on any atom is -0.385 e. The minimum absolute atomic E-state index is 0.178. The summed E-state index contributed by atoms with van der Waals surface area (Å²) in [5, 5.41) is 0. The minimum atomic E-state index is 0.178. The van der Waals surface area contributed by atoms with Gasteiger partial charge in [0.25, 0.3) is 0 Å². The van der Waals surface area contributed by atoms with Crippen LogP contribution in [0.4, 0.5) is 0 Å². The number of ketones is 1. The molecule has 0 bridgehead atoms. The van der Waals surface area contributed by atoms with Crippen LogP contribution in [-0.2, 0) is 11.2 Å². The number of benzene rings is 1. The fourth-order valence-corrected chi connectivity index (χ4v) is 1.82. The molecule has 0 aromatic heterocycles. The van der Waals surface area contributed by atoms with Gasteiger partial charge in [-0.3, -0.25) is 9.69 Å². The van der Waals surface area contributed by atoms with Crippen LogP contribution in [0.2, 0.25) is 0 Å².